The first-order valence-electron chi connectivity index (χ1n) is 5.01. The van der Waals surface area contributed by atoms with Gasteiger partial charge in [-0.1, -0.05) is 0 Å². The number of hydrogen-bond donors (Lipinski definition) is 0. The molecule has 1 aromatic rings. The molecule has 1 saturated heterocycles. The fourth-order valence-corrected chi connectivity index (χ4v) is 3.00. The van der Waals surface area contributed by atoms with Gasteiger partial charge in [0.15, 0.2) is 0 Å². The van der Waals surface area contributed by atoms with E-state index >= 15 is 0 Å². The van der Waals surface area contributed by atoms with E-state index in [2.05, 4.69) is 9.98 Å². The highest BCUT2D eigenvalue weighted by Gasteiger charge is 2.18. The summed E-state index contributed by atoms with van der Waals surface area (Å²) in [4.78, 5) is 18.0. The third kappa shape index (κ3) is 2.46. The van der Waals surface area contributed by atoms with Crippen LogP contribution in [0.1, 0.15) is 24.3 Å². The van der Waals surface area contributed by atoms with Gasteiger partial charge in [0.1, 0.15) is 0 Å². The van der Waals surface area contributed by atoms with E-state index in [-0.39, 0.29) is 0 Å². The summed E-state index contributed by atoms with van der Waals surface area (Å²) < 4.78 is 0. The van der Waals surface area contributed by atoms with E-state index in [9.17, 15) is 4.79 Å². The van der Waals surface area contributed by atoms with Crippen molar-refractivity contribution in [1.82, 2.24) is 4.98 Å². The Balaban J connectivity index is 2.28. The van der Waals surface area contributed by atoms with Crippen molar-refractivity contribution < 1.29 is 4.79 Å². The Morgan fingerprint density at radius 3 is 3.00 bits per heavy atom. The van der Waals surface area contributed by atoms with Crippen molar-refractivity contribution in [2.75, 3.05) is 11.5 Å². The summed E-state index contributed by atoms with van der Waals surface area (Å²) in [5.41, 5.74) is 1.83. The first kappa shape index (κ1) is 10.4. The Labute approximate surface area is 93.0 Å². The van der Waals surface area contributed by atoms with Crippen LogP contribution in [-0.2, 0) is 4.79 Å². The molecule has 1 aliphatic rings. The summed E-state index contributed by atoms with van der Waals surface area (Å²) >= 11 is 1.99. The smallest absolute Gasteiger partial charge is 0.240 e. The average Bonchev–Trinajstić information content (AvgIpc) is 2.31. The highest BCUT2D eigenvalue weighted by atomic mass is 32.2. The number of isocyanates is 1. The predicted octanol–water partition coefficient (Wildman–Crippen LogP) is 2.66. The van der Waals surface area contributed by atoms with Crippen LogP contribution in [0.15, 0.2) is 23.5 Å². The third-order valence-corrected chi connectivity index (χ3v) is 3.71. The van der Waals surface area contributed by atoms with Crippen LogP contribution in [0.2, 0.25) is 0 Å². The predicted molar refractivity (Wildman–Crippen MR) is 61.3 cm³/mol. The SMILES string of the molecule is O=C=Nc1cnccc1C1CCSCC1. The normalized spacial score (nSPS) is 17.1. The van der Waals surface area contributed by atoms with Crippen LogP contribution in [0.5, 0.6) is 0 Å². The van der Waals surface area contributed by atoms with Crippen molar-refractivity contribution >= 4 is 23.5 Å². The van der Waals surface area contributed by atoms with Crippen LogP contribution in [0.4, 0.5) is 5.69 Å². The molecule has 2 rings (SSSR count). The lowest BCUT2D eigenvalue weighted by Gasteiger charge is -2.22. The molecule has 78 valence electrons. The molecule has 4 heteroatoms. The molecule has 0 amide bonds. The highest BCUT2D eigenvalue weighted by Crippen LogP contribution is 2.35. The lowest BCUT2D eigenvalue weighted by atomic mass is 9.93. The molecule has 2 heterocycles. The molecular weight excluding hydrogens is 208 g/mol. The second kappa shape index (κ2) is 5.10. The lowest BCUT2D eigenvalue weighted by Crippen LogP contribution is -2.08. The van der Waals surface area contributed by atoms with E-state index in [1.807, 2.05) is 17.8 Å². The molecule has 0 saturated carbocycles. The van der Waals surface area contributed by atoms with Crippen LogP contribution in [0.25, 0.3) is 0 Å². The number of rotatable bonds is 2. The monoisotopic (exact) mass is 220 g/mol. The second-order valence-corrected chi connectivity index (χ2v) is 4.75. The molecule has 0 aromatic carbocycles. The first-order chi connectivity index (χ1) is 7.42. The minimum absolute atomic E-state index is 0.529. The van der Waals surface area contributed by atoms with Gasteiger partial charge < -0.3 is 0 Å². The largest absolute Gasteiger partial charge is 0.262 e. The lowest BCUT2D eigenvalue weighted by molar-refractivity contribution is 0.565. The zero-order chi connectivity index (χ0) is 10.5. The van der Waals surface area contributed by atoms with Crippen LogP contribution in [0.3, 0.4) is 0 Å². The summed E-state index contributed by atoms with van der Waals surface area (Å²) in [7, 11) is 0. The number of hydrogen-bond acceptors (Lipinski definition) is 4. The molecule has 0 N–H and O–H groups in total. The quantitative estimate of drug-likeness (QED) is 0.568. The van der Waals surface area contributed by atoms with Crippen molar-refractivity contribution in [3.8, 4) is 0 Å². The van der Waals surface area contributed by atoms with Crippen molar-refractivity contribution in [3.63, 3.8) is 0 Å². The summed E-state index contributed by atoms with van der Waals surface area (Å²) in [6.45, 7) is 0. The van der Waals surface area contributed by atoms with Crippen LogP contribution in [0, 0.1) is 0 Å². The Morgan fingerprint density at radius 1 is 1.47 bits per heavy atom. The average molecular weight is 220 g/mol. The molecule has 0 bridgehead atoms. The molecule has 0 spiro atoms. The molecule has 0 unspecified atom stereocenters. The number of nitrogens with zero attached hydrogens (tertiary/aromatic N) is 2. The van der Waals surface area contributed by atoms with E-state index in [0.29, 0.717) is 11.6 Å². The number of aromatic nitrogens is 1. The summed E-state index contributed by atoms with van der Waals surface area (Å²) in [5, 5.41) is 0. The molecule has 1 fully saturated rings. The number of thioether (sulfide) groups is 1. The van der Waals surface area contributed by atoms with E-state index < -0.39 is 0 Å². The van der Waals surface area contributed by atoms with Gasteiger partial charge in [-0.15, -0.1) is 0 Å². The third-order valence-electron chi connectivity index (χ3n) is 2.66. The number of carbonyl (C=O) groups excluding carboxylic acids is 1. The van der Waals surface area contributed by atoms with Crippen molar-refractivity contribution in [2.24, 2.45) is 4.99 Å². The van der Waals surface area contributed by atoms with Crippen LogP contribution >= 0.6 is 11.8 Å². The van der Waals surface area contributed by atoms with Gasteiger partial charge in [0.25, 0.3) is 0 Å². The van der Waals surface area contributed by atoms with E-state index in [0.717, 1.165) is 18.4 Å². The molecule has 0 atom stereocenters. The minimum atomic E-state index is 0.529. The number of aliphatic imine (C=N–C) groups is 1. The van der Waals surface area contributed by atoms with Gasteiger partial charge in [0, 0.05) is 6.20 Å². The Morgan fingerprint density at radius 2 is 2.27 bits per heavy atom. The molecule has 1 aliphatic heterocycles. The second-order valence-electron chi connectivity index (χ2n) is 3.52. The standard InChI is InChI=1S/C11H12N2OS/c14-8-13-11-7-12-4-1-10(11)9-2-5-15-6-3-9/h1,4,7,9H,2-3,5-6H2. The Hall–Kier alpha value is -1.12. The van der Waals surface area contributed by atoms with Crippen molar-refractivity contribution in [3.05, 3.63) is 24.0 Å². The molecule has 15 heavy (non-hydrogen) atoms. The van der Waals surface area contributed by atoms with Gasteiger partial charge in [-0.3, -0.25) is 4.98 Å². The maximum absolute atomic E-state index is 10.3. The van der Waals surface area contributed by atoms with Crippen molar-refractivity contribution in [1.29, 1.82) is 0 Å². The van der Waals surface area contributed by atoms with E-state index in [1.54, 1.807) is 18.5 Å². The molecule has 1 aromatic heterocycles. The zero-order valence-electron chi connectivity index (χ0n) is 8.35. The fourth-order valence-electron chi connectivity index (χ4n) is 1.89. The minimum Gasteiger partial charge on any atom is -0.262 e. The van der Waals surface area contributed by atoms with Gasteiger partial charge in [0.2, 0.25) is 6.08 Å². The van der Waals surface area contributed by atoms with E-state index in [4.69, 9.17) is 0 Å². The molecular formula is C11H12N2OS. The first-order valence-corrected chi connectivity index (χ1v) is 6.17. The van der Waals surface area contributed by atoms with Gasteiger partial charge in [-0.05, 0) is 41.9 Å². The summed E-state index contributed by atoms with van der Waals surface area (Å²) in [6, 6.07) is 1.97. The van der Waals surface area contributed by atoms with Crippen molar-refractivity contribution in [2.45, 2.75) is 18.8 Å². The van der Waals surface area contributed by atoms with Gasteiger partial charge in [0.05, 0.1) is 11.9 Å². The topological polar surface area (TPSA) is 42.3 Å². The fraction of sp³-hybridized carbons (Fsp3) is 0.455. The van der Waals surface area contributed by atoms with Gasteiger partial charge in [-0.25, -0.2) is 4.79 Å². The maximum atomic E-state index is 10.3. The Bertz CT molecular complexity index is 382. The molecule has 3 nitrogen and oxygen atoms in total. The zero-order valence-corrected chi connectivity index (χ0v) is 9.17. The Kier molecular flexibility index (Phi) is 3.54. The van der Waals surface area contributed by atoms with Gasteiger partial charge >= 0.3 is 0 Å². The summed E-state index contributed by atoms with van der Waals surface area (Å²) in [5.74, 6) is 2.91. The molecule has 0 radical (unpaired) electrons. The number of pyridine rings is 1. The summed E-state index contributed by atoms with van der Waals surface area (Å²) in [6.07, 6.45) is 7.32. The molecule has 0 aliphatic carbocycles. The van der Waals surface area contributed by atoms with Crippen LogP contribution in [-0.4, -0.2) is 22.6 Å². The highest BCUT2D eigenvalue weighted by molar-refractivity contribution is 7.99. The van der Waals surface area contributed by atoms with Gasteiger partial charge in [-0.2, -0.15) is 16.8 Å². The maximum Gasteiger partial charge on any atom is 0.240 e. The van der Waals surface area contributed by atoms with E-state index in [1.165, 1.54) is 11.5 Å². The van der Waals surface area contributed by atoms with Crippen LogP contribution < -0.4 is 0 Å².